The Hall–Kier alpha value is -3.96. The minimum absolute atomic E-state index is 0.0384. The second-order valence-electron chi connectivity index (χ2n) is 26.7. The van der Waals surface area contributed by atoms with Crippen molar-refractivity contribution in [3.8, 4) is 0 Å². The maximum absolute atomic E-state index is 13.4. The molecule has 1 aromatic carbocycles. The van der Waals surface area contributed by atoms with E-state index in [-0.39, 0.29) is 65.8 Å². The minimum Gasteiger partial charge on any atom is -0.356 e. The largest absolute Gasteiger partial charge is 0.356 e. The number of benzene rings is 1. The standard InChI is InChI=1S/C61H92N6O6/c1-65(39-53-51-26-43-19-44(28-51)29-52(53)27-43)57(71)30-54(68)62-13-7-4-10-40-16-41(11-5-8-14-63-55(69)31-58(72)66(2)60-33-45-20-46(34-60)22-47(21-45)35-60)18-42(17-40)12-6-9-15-64-56(70)32-59(73)67(3)61-36-48-23-49(37-61)25-50(24-48)38-61/h16-18,43-53H,4-15,19-39H2,1-3H3,(H,62,68)(H,63,69)(H,64,70). The van der Waals surface area contributed by atoms with Crippen molar-refractivity contribution in [2.45, 2.75) is 197 Å². The molecule has 0 saturated heterocycles. The van der Waals surface area contributed by atoms with Gasteiger partial charge in [-0.2, -0.15) is 0 Å². The molecule has 1 aromatic rings. The Morgan fingerprint density at radius 1 is 0.425 bits per heavy atom. The number of nitrogens with one attached hydrogen (secondary N) is 3. The lowest BCUT2D eigenvalue weighted by molar-refractivity contribution is -0.150. The normalized spacial score (nSPS) is 33.7. The van der Waals surface area contributed by atoms with Crippen LogP contribution in [-0.2, 0) is 48.0 Å². The third-order valence-corrected chi connectivity index (χ3v) is 21.2. The number of aryl methyl sites for hydroxylation is 3. The molecule has 12 nitrogen and oxygen atoms in total. The van der Waals surface area contributed by atoms with Crippen LogP contribution in [0.3, 0.4) is 0 Å². The van der Waals surface area contributed by atoms with Gasteiger partial charge in [0.25, 0.3) is 0 Å². The molecule has 12 aliphatic carbocycles. The van der Waals surface area contributed by atoms with Crippen LogP contribution < -0.4 is 16.0 Å². The second kappa shape index (κ2) is 22.7. The van der Waals surface area contributed by atoms with Crippen LogP contribution in [0.1, 0.15) is 184 Å². The van der Waals surface area contributed by atoms with E-state index in [2.05, 4.69) is 34.1 Å². The van der Waals surface area contributed by atoms with Gasteiger partial charge in [-0.05, 0) is 249 Å². The smallest absolute Gasteiger partial charge is 0.232 e. The Bertz CT molecular complexity index is 1990. The maximum Gasteiger partial charge on any atom is 0.232 e. The van der Waals surface area contributed by atoms with Crippen molar-refractivity contribution < 1.29 is 28.8 Å². The van der Waals surface area contributed by atoms with Crippen LogP contribution in [0.25, 0.3) is 0 Å². The van der Waals surface area contributed by atoms with Crippen LogP contribution >= 0.6 is 0 Å². The van der Waals surface area contributed by atoms with Gasteiger partial charge in [0.1, 0.15) is 19.3 Å². The fourth-order valence-electron chi connectivity index (χ4n) is 18.5. The summed E-state index contributed by atoms with van der Waals surface area (Å²) in [6, 6.07) is 6.90. The molecule has 402 valence electrons. The van der Waals surface area contributed by atoms with Gasteiger partial charge in [0, 0.05) is 58.4 Å². The molecule has 12 fully saturated rings. The summed E-state index contributed by atoms with van der Waals surface area (Å²) in [6.07, 6.45) is 28.9. The topological polar surface area (TPSA) is 148 Å². The van der Waals surface area contributed by atoms with E-state index in [0.717, 1.165) is 162 Å². The molecular formula is C61H92N6O6. The molecule has 6 amide bonds. The van der Waals surface area contributed by atoms with E-state index in [4.69, 9.17) is 0 Å². The molecule has 0 heterocycles. The maximum atomic E-state index is 13.4. The molecule has 12 saturated carbocycles. The summed E-state index contributed by atoms with van der Waals surface area (Å²) >= 11 is 0. The minimum atomic E-state index is -0.188. The monoisotopic (exact) mass is 1000 g/mol. The summed E-state index contributed by atoms with van der Waals surface area (Å²) in [5.41, 5.74) is 3.73. The van der Waals surface area contributed by atoms with Crippen LogP contribution in [0, 0.1) is 65.1 Å². The Labute approximate surface area is 437 Å². The van der Waals surface area contributed by atoms with Gasteiger partial charge in [-0.15, -0.1) is 0 Å². The predicted octanol–water partition coefficient (Wildman–Crippen LogP) is 8.56. The quantitative estimate of drug-likeness (QED) is 0.0661. The van der Waals surface area contributed by atoms with Gasteiger partial charge in [0.2, 0.25) is 35.4 Å². The molecule has 0 radical (unpaired) electrons. The van der Waals surface area contributed by atoms with Crippen molar-refractivity contribution in [2.24, 2.45) is 65.1 Å². The first-order valence-electron chi connectivity index (χ1n) is 29.9. The van der Waals surface area contributed by atoms with Gasteiger partial charge in [-0.25, -0.2) is 0 Å². The molecule has 0 unspecified atom stereocenters. The van der Waals surface area contributed by atoms with E-state index in [1.54, 1.807) is 0 Å². The van der Waals surface area contributed by atoms with Gasteiger partial charge >= 0.3 is 0 Å². The zero-order valence-electron chi connectivity index (χ0n) is 45.2. The zero-order chi connectivity index (χ0) is 50.9. The Morgan fingerprint density at radius 3 is 1.05 bits per heavy atom. The van der Waals surface area contributed by atoms with E-state index in [1.807, 2.05) is 35.8 Å². The average molecular weight is 1010 g/mol. The highest BCUT2D eigenvalue weighted by molar-refractivity contribution is 5.98. The van der Waals surface area contributed by atoms with Crippen molar-refractivity contribution >= 4 is 35.4 Å². The summed E-state index contributed by atoms with van der Waals surface area (Å²) in [6.45, 7) is 2.43. The van der Waals surface area contributed by atoms with E-state index in [0.29, 0.717) is 25.6 Å². The van der Waals surface area contributed by atoms with E-state index in [1.165, 1.54) is 87.3 Å². The molecule has 13 rings (SSSR count). The van der Waals surface area contributed by atoms with E-state index in [9.17, 15) is 28.8 Å². The highest BCUT2D eigenvalue weighted by Gasteiger charge is 2.55. The molecule has 3 N–H and O–H groups in total. The first-order valence-corrected chi connectivity index (χ1v) is 29.9. The van der Waals surface area contributed by atoms with Crippen LogP contribution in [0.4, 0.5) is 0 Å². The van der Waals surface area contributed by atoms with Crippen molar-refractivity contribution in [3.63, 3.8) is 0 Å². The van der Waals surface area contributed by atoms with Crippen LogP contribution in [-0.4, -0.2) is 109 Å². The van der Waals surface area contributed by atoms with E-state index < -0.39 is 0 Å². The van der Waals surface area contributed by atoms with Crippen LogP contribution in [0.15, 0.2) is 18.2 Å². The van der Waals surface area contributed by atoms with Crippen molar-refractivity contribution in [1.82, 2.24) is 30.7 Å². The van der Waals surface area contributed by atoms with Crippen molar-refractivity contribution in [2.75, 3.05) is 47.3 Å². The highest BCUT2D eigenvalue weighted by Crippen LogP contribution is 2.59. The molecular weight excluding hydrogens is 913 g/mol. The summed E-state index contributed by atoms with van der Waals surface area (Å²) in [5.74, 6) is 7.70. The lowest BCUT2D eigenvalue weighted by Crippen LogP contribution is -2.60. The first-order chi connectivity index (χ1) is 35.2. The van der Waals surface area contributed by atoms with Gasteiger partial charge < -0.3 is 30.7 Å². The third-order valence-electron chi connectivity index (χ3n) is 21.2. The molecule has 0 aromatic heterocycles. The fraction of sp³-hybridized carbons (Fsp3) is 0.803. The van der Waals surface area contributed by atoms with Crippen LogP contribution in [0.5, 0.6) is 0 Å². The van der Waals surface area contributed by atoms with Gasteiger partial charge in [-0.1, -0.05) is 18.2 Å². The zero-order valence-corrected chi connectivity index (χ0v) is 45.2. The molecule has 73 heavy (non-hydrogen) atoms. The summed E-state index contributed by atoms with van der Waals surface area (Å²) in [7, 11) is 5.77. The highest BCUT2D eigenvalue weighted by atomic mass is 16.2. The fourth-order valence-corrected chi connectivity index (χ4v) is 18.5. The van der Waals surface area contributed by atoms with Crippen LogP contribution in [0.2, 0.25) is 0 Å². The Morgan fingerprint density at radius 2 is 0.726 bits per heavy atom. The number of carbonyl (C=O) groups is 6. The van der Waals surface area contributed by atoms with Crippen molar-refractivity contribution in [3.05, 3.63) is 34.9 Å². The molecule has 0 atom stereocenters. The molecule has 12 bridgehead atoms. The number of hydrogen-bond donors (Lipinski definition) is 3. The molecule has 12 aliphatic rings. The molecule has 0 spiro atoms. The summed E-state index contributed by atoms with van der Waals surface area (Å²) in [5, 5.41) is 9.11. The average Bonchev–Trinajstić information content (AvgIpc) is 3.33. The number of hydrogen-bond acceptors (Lipinski definition) is 6. The Balaban J connectivity index is 0.652. The van der Waals surface area contributed by atoms with Crippen molar-refractivity contribution in [1.29, 1.82) is 0 Å². The van der Waals surface area contributed by atoms with Gasteiger partial charge in [0.15, 0.2) is 0 Å². The number of unbranched alkanes of at least 4 members (excludes halogenated alkanes) is 3. The van der Waals surface area contributed by atoms with Gasteiger partial charge in [0.05, 0.1) is 0 Å². The number of carbonyl (C=O) groups excluding carboxylic acids is 6. The summed E-state index contributed by atoms with van der Waals surface area (Å²) < 4.78 is 0. The second-order valence-corrected chi connectivity index (χ2v) is 26.7. The Kier molecular flexibility index (Phi) is 16.3. The lowest BCUT2D eigenvalue weighted by atomic mass is 9.52. The third kappa shape index (κ3) is 12.5. The molecule has 12 heteroatoms. The number of amides is 6. The lowest BCUT2D eigenvalue weighted by Gasteiger charge is -2.59. The number of nitrogens with zero attached hydrogens (tertiary/aromatic N) is 3. The molecule has 0 aliphatic heterocycles. The SMILES string of the molecule is CN(CC1C2CC3CC(C2)CC1C3)C(=O)CC(=O)NCCCCc1cc(CCCCNC(=O)CC(=O)N(C)C23CC4CC(CC(C4)C2)C3)cc(CCCCNC(=O)CC(=O)N(C)C23CC4CC(CC(C4)C2)C3)c1. The first kappa shape index (κ1) is 52.5. The summed E-state index contributed by atoms with van der Waals surface area (Å²) in [4.78, 5) is 84.6. The van der Waals surface area contributed by atoms with E-state index >= 15 is 0 Å². The number of rotatable bonds is 25. The predicted molar refractivity (Wildman–Crippen MR) is 284 cm³/mol. The van der Waals surface area contributed by atoms with Gasteiger partial charge in [-0.3, -0.25) is 28.8 Å².